The zero-order valence-corrected chi connectivity index (χ0v) is 16.2. The van der Waals surface area contributed by atoms with Crippen molar-refractivity contribution < 1.29 is 14.2 Å². The number of nitrogens with one attached hydrogen (secondary N) is 1. The Morgan fingerprint density at radius 2 is 1.78 bits per heavy atom. The van der Waals surface area contributed by atoms with Crippen molar-refractivity contribution >= 4 is 5.95 Å². The van der Waals surface area contributed by atoms with Gasteiger partial charge in [0, 0.05) is 19.2 Å². The summed E-state index contributed by atoms with van der Waals surface area (Å²) in [4.78, 5) is 4.50. The number of ether oxygens (including phenoxy) is 3. The van der Waals surface area contributed by atoms with Crippen LogP contribution in [0, 0.1) is 0 Å². The lowest BCUT2D eigenvalue weighted by Gasteiger charge is -2.12. The van der Waals surface area contributed by atoms with Gasteiger partial charge in [-0.25, -0.2) is 4.98 Å². The van der Waals surface area contributed by atoms with Crippen molar-refractivity contribution in [3.63, 3.8) is 0 Å². The summed E-state index contributed by atoms with van der Waals surface area (Å²) in [5, 5.41) is 3.38. The van der Waals surface area contributed by atoms with Crippen molar-refractivity contribution in [2.24, 2.45) is 7.05 Å². The van der Waals surface area contributed by atoms with E-state index in [9.17, 15) is 0 Å². The van der Waals surface area contributed by atoms with E-state index in [0.29, 0.717) is 13.2 Å². The number of benzene rings is 2. The Balaban J connectivity index is 1.72. The fourth-order valence-electron chi connectivity index (χ4n) is 2.88. The molecule has 0 radical (unpaired) electrons. The van der Waals surface area contributed by atoms with Crippen LogP contribution in [0.3, 0.4) is 0 Å². The summed E-state index contributed by atoms with van der Waals surface area (Å²) in [5.41, 5.74) is 3.20. The van der Waals surface area contributed by atoms with Crippen molar-refractivity contribution in [1.82, 2.24) is 9.55 Å². The van der Waals surface area contributed by atoms with Gasteiger partial charge < -0.3 is 24.1 Å². The molecule has 0 bridgehead atoms. The van der Waals surface area contributed by atoms with Crippen molar-refractivity contribution in [2.75, 3.05) is 26.1 Å². The van der Waals surface area contributed by atoms with E-state index in [0.717, 1.165) is 40.0 Å². The Kier molecular flexibility index (Phi) is 5.86. The van der Waals surface area contributed by atoms with E-state index >= 15 is 0 Å². The van der Waals surface area contributed by atoms with Crippen LogP contribution in [0.5, 0.6) is 17.2 Å². The molecule has 0 unspecified atom stereocenters. The number of imidazole rings is 1. The monoisotopic (exact) mass is 367 g/mol. The van der Waals surface area contributed by atoms with Crippen LogP contribution < -0.4 is 19.5 Å². The number of rotatable bonds is 8. The molecule has 0 saturated carbocycles. The maximum absolute atomic E-state index is 5.56. The van der Waals surface area contributed by atoms with E-state index in [1.165, 1.54) is 0 Å². The standard InChI is InChI=1S/C21H25N3O3/c1-5-27-19-11-6-15(12-20(19)26-4)13-22-21-23-14-18(24(21)2)16-7-9-17(25-3)10-8-16/h6-12,14H,5,13H2,1-4H3,(H,22,23). The van der Waals surface area contributed by atoms with Gasteiger partial charge in [0.05, 0.1) is 32.7 Å². The average molecular weight is 367 g/mol. The van der Waals surface area contributed by atoms with Crippen molar-refractivity contribution in [1.29, 1.82) is 0 Å². The van der Waals surface area contributed by atoms with Gasteiger partial charge in [0.25, 0.3) is 0 Å². The Hall–Kier alpha value is -3.15. The number of nitrogens with zero attached hydrogens (tertiary/aromatic N) is 2. The van der Waals surface area contributed by atoms with E-state index < -0.39 is 0 Å². The van der Waals surface area contributed by atoms with Gasteiger partial charge in [0.2, 0.25) is 5.95 Å². The molecule has 1 N–H and O–H groups in total. The molecule has 1 heterocycles. The predicted molar refractivity (Wildman–Crippen MR) is 107 cm³/mol. The maximum atomic E-state index is 5.56. The summed E-state index contributed by atoms with van der Waals surface area (Å²) < 4.78 is 18.2. The van der Waals surface area contributed by atoms with E-state index in [-0.39, 0.29) is 0 Å². The van der Waals surface area contributed by atoms with E-state index in [1.54, 1.807) is 14.2 Å². The molecule has 3 rings (SSSR count). The molecule has 0 atom stereocenters. The minimum atomic E-state index is 0.607. The zero-order chi connectivity index (χ0) is 19.2. The summed E-state index contributed by atoms with van der Waals surface area (Å²) in [6, 6.07) is 13.9. The lowest BCUT2D eigenvalue weighted by molar-refractivity contribution is 0.310. The van der Waals surface area contributed by atoms with Crippen LogP contribution in [0.15, 0.2) is 48.7 Å². The number of aromatic nitrogens is 2. The van der Waals surface area contributed by atoms with E-state index in [4.69, 9.17) is 14.2 Å². The summed E-state index contributed by atoms with van der Waals surface area (Å²) in [6.45, 7) is 3.20. The first-order valence-corrected chi connectivity index (χ1v) is 8.86. The lowest BCUT2D eigenvalue weighted by Crippen LogP contribution is -2.06. The third kappa shape index (κ3) is 4.16. The van der Waals surface area contributed by atoms with Gasteiger partial charge in [-0.05, 0) is 48.9 Å². The first-order valence-electron chi connectivity index (χ1n) is 8.86. The second-order valence-corrected chi connectivity index (χ2v) is 6.03. The molecule has 0 spiro atoms. The minimum Gasteiger partial charge on any atom is -0.497 e. The highest BCUT2D eigenvalue weighted by Gasteiger charge is 2.10. The SMILES string of the molecule is CCOc1ccc(CNc2ncc(-c3ccc(OC)cc3)n2C)cc1OC. The number of anilines is 1. The number of methoxy groups -OCH3 is 2. The third-order valence-corrected chi connectivity index (χ3v) is 4.35. The van der Waals surface area contributed by atoms with Crippen molar-refractivity contribution in [3.05, 3.63) is 54.2 Å². The van der Waals surface area contributed by atoms with Gasteiger partial charge >= 0.3 is 0 Å². The molecule has 0 aliphatic carbocycles. The largest absolute Gasteiger partial charge is 0.497 e. The Morgan fingerprint density at radius 1 is 1.00 bits per heavy atom. The molecule has 6 heteroatoms. The van der Waals surface area contributed by atoms with Gasteiger partial charge in [-0.1, -0.05) is 6.07 Å². The first kappa shape index (κ1) is 18.6. The summed E-state index contributed by atoms with van der Waals surface area (Å²) in [7, 11) is 5.31. The van der Waals surface area contributed by atoms with Crippen LogP contribution in [0.1, 0.15) is 12.5 Å². The number of hydrogen-bond donors (Lipinski definition) is 1. The van der Waals surface area contributed by atoms with Gasteiger partial charge in [0.1, 0.15) is 5.75 Å². The van der Waals surface area contributed by atoms with Crippen LogP contribution in [0.2, 0.25) is 0 Å². The molecule has 0 fully saturated rings. The summed E-state index contributed by atoms with van der Waals surface area (Å²) in [5.74, 6) is 3.12. The van der Waals surface area contributed by atoms with Crippen LogP contribution in [-0.4, -0.2) is 30.4 Å². The molecule has 0 aliphatic heterocycles. The second-order valence-electron chi connectivity index (χ2n) is 6.03. The van der Waals surface area contributed by atoms with E-state index in [2.05, 4.69) is 10.3 Å². The van der Waals surface area contributed by atoms with Crippen LogP contribution in [0.4, 0.5) is 5.95 Å². The fraction of sp³-hybridized carbons (Fsp3) is 0.286. The number of hydrogen-bond acceptors (Lipinski definition) is 5. The van der Waals surface area contributed by atoms with Gasteiger partial charge in [0.15, 0.2) is 11.5 Å². The van der Waals surface area contributed by atoms with Crippen LogP contribution in [-0.2, 0) is 13.6 Å². The summed E-state index contributed by atoms with van der Waals surface area (Å²) in [6.07, 6.45) is 1.86. The predicted octanol–water partition coefficient (Wildman–Crippen LogP) is 4.12. The molecule has 1 aromatic heterocycles. The van der Waals surface area contributed by atoms with Crippen molar-refractivity contribution in [2.45, 2.75) is 13.5 Å². The first-order chi connectivity index (χ1) is 13.2. The third-order valence-electron chi connectivity index (χ3n) is 4.35. The molecule has 6 nitrogen and oxygen atoms in total. The average Bonchev–Trinajstić information content (AvgIpc) is 3.08. The molecular formula is C21H25N3O3. The molecule has 142 valence electrons. The zero-order valence-electron chi connectivity index (χ0n) is 16.2. The second kappa shape index (κ2) is 8.49. The fourth-order valence-corrected chi connectivity index (χ4v) is 2.88. The molecule has 2 aromatic carbocycles. The Bertz CT molecular complexity index is 888. The van der Waals surface area contributed by atoms with Gasteiger partial charge in [-0.2, -0.15) is 0 Å². The van der Waals surface area contributed by atoms with Crippen molar-refractivity contribution in [3.8, 4) is 28.5 Å². The van der Waals surface area contributed by atoms with Crippen LogP contribution >= 0.6 is 0 Å². The molecule has 3 aromatic rings. The van der Waals surface area contributed by atoms with E-state index in [1.807, 2.05) is 67.2 Å². The van der Waals surface area contributed by atoms with Crippen LogP contribution in [0.25, 0.3) is 11.3 Å². The highest BCUT2D eigenvalue weighted by Crippen LogP contribution is 2.29. The molecule has 0 amide bonds. The Labute approximate surface area is 159 Å². The molecule has 0 saturated heterocycles. The smallest absolute Gasteiger partial charge is 0.203 e. The summed E-state index contributed by atoms with van der Waals surface area (Å²) >= 11 is 0. The Morgan fingerprint density at radius 3 is 2.44 bits per heavy atom. The molecule has 27 heavy (non-hydrogen) atoms. The molecule has 0 aliphatic rings. The van der Waals surface area contributed by atoms with Gasteiger partial charge in [-0.15, -0.1) is 0 Å². The highest BCUT2D eigenvalue weighted by molar-refractivity contribution is 5.62. The lowest BCUT2D eigenvalue weighted by atomic mass is 10.1. The maximum Gasteiger partial charge on any atom is 0.203 e. The van der Waals surface area contributed by atoms with Gasteiger partial charge in [-0.3, -0.25) is 0 Å². The highest BCUT2D eigenvalue weighted by atomic mass is 16.5. The quantitative estimate of drug-likeness (QED) is 0.649. The topological polar surface area (TPSA) is 57.5 Å². The molecular weight excluding hydrogens is 342 g/mol. The normalized spacial score (nSPS) is 10.5. The minimum absolute atomic E-state index is 0.607.